The number of nitrogens with zero attached hydrogens (tertiary/aromatic N) is 2. The zero-order chi connectivity index (χ0) is 47.1. The number of aldehydes is 1. The van der Waals surface area contributed by atoms with E-state index in [-0.39, 0.29) is 44.8 Å². The SMILES string of the molecule is Cc1cc(-c2cc(C)c(N3C(=O)c4ccc(C(=O)Nc5ccc(C(c6ccc(N)cc6)(C(F)(F)F)C(F)(F)F)cc5)cc4C3=O)c(C)c2)cc(C)c1N1C(=O)c2ccc(C=O)cc2C1=O. The van der Waals surface area contributed by atoms with E-state index in [0.29, 0.717) is 69.7 Å². The standard InChI is InChI=1S/C49H34F6N4O6/c1-24-17-30(18-25(2)40(24)58-43(62)36-15-5-28(23-60)21-38(36)45(58)64)31-19-26(3)41(27(4)20-31)59-44(63)37-16-6-29(22-39(37)46(59)65)42(61)57-35-13-9-33(10-14-35)47(48(50,51)52,49(53,54)55)32-7-11-34(56)12-8-32/h5-23H,56H2,1-4H3,(H,57,61). The summed E-state index contributed by atoms with van der Waals surface area (Å²) in [6.07, 6.45) is -11.1. The molecule has 0 saturated heterocycles. The second-order valence-electron chi connectivity index (χ2n) is 15.9. The van der Waals surface area contributed by atoms with Crippen LogP contribution in [0.2, 0.25) is 0 Å². The molecule has 0 spiro atoms. The number of alkyl halides is 6. The number of nitrogens with two attached hydrogens (primary N) is 1. The monoisotopic (exact) mass is 888 g/mol. The molecule has 3 N–H and O–H groups in total. The summed E-state index contributed by atoms with van der Waals surface area (Å²) >= 11 is 0. The highest BCUT2D eigenvalue weighted by Crippen LogP contribution is 2.56. The Hall–Kier alpha value is -7.88. The molecule has 0 unspecified atom stereocenters. The third-order valence-corrected chi connectivity index (χ3v) is 11.7. The highest BCUT2D eigenvalue weighted by atomic mass is 19.4. The van der Waals surface area contributed by atoms with Gasteiger partial charge >= 0.3 is 12.4 Å². The van der Waals surface area contributed by atoms with Crippen LogP contribution >= 0.6 is 0 Å². The quantitative estimate of drug-likeness (QED) is 0.0669. The smallest absolute Gasteiger partial charge is 0.399 e. The fourth-order valence-electron chi connectivity index (χ4n) is 8.79. The maximum atomic E-state index is 14.6. The van der Waals surface area contributed by atoms with Crippen LogP contribution in [-0.2, 0) is 5.41 Å². The highest BCUT2D eigenvalue weighted by molar-refractivity contribution is 6.36. The van der Waals surface area contributed by atoms with E-state index in [9.17, 15) is 55.1 Å². The fourth-order valence-corrected chi connectivity index (χ4v) is 8.79. The zero-order valence-corrected chi connectivity index (χ0v) is 34.7. The molecule has 2 aliphatic heterocycles. The number of carbonyl (C=O) groups is 6. The average Bonchev–Trinajstić information content (AvgIpc) is 3.63. The van der Waals surface area contributed by atoms with Crippen molar-refractivity contribution in [2.45, 2.75) is 45.5 Å². The van der Waals surface area contributed by atoms with E-state index in [4.69, 9.17) is 5.73 Å². The topological polar surface area (TPSA) is 147 Å². The first-order chi connectivity index (χ1) is 30.6. The van der Waals surface area contributed by atoms with Crippen molar-refractivity contribution < 1.29 is 55.1 Å². The van der Waals surface area contributed by atoms with Crippen molar-refractivity contribution in [1.29, 1.82) is 0 Å². The number of hydrogen-bond acceptors (Lipinski definition) is 7. The number of imide groups is 2. The number of aryl methyl sites for hydroxylation is 4. The van der Waals surface area contributed by atoms with Gasteiger partial charge in [-0.1, -0.05) is 30.3 Å². The molecule has 0 aromatic heterocycles. The summed E-state index contributed by atoms with van der Waals surface area (Å²) in [6, 6.07) is 21.4. The van der Waals surface area contributed by atoms with Gasteiger partial charge in [-0.05, 0) is 151 Å². The molecule has 6 aromatic carbocycles. The summed E-state index contributed by atoms with van der Waals surface area (Å²) < 4.78 is 87.4. The maximum Gasteiger partial charge on any atom is 0.411 e. The molecule has 2 aliphatic rings. The minimum atomic E-state index is -5.83. The van der Waals surface area contributed by atoms with E-state index >= 15 is 0 Å². The number of hydrogen-bond donors (Lipinski definition) is 2. The second kappa shape index (κ2) is 15.4. The molecule has 65 heavy (non-hydrogen) atoms. The molecule has 0 bridgehead atoms. The van der Waals surface area contributed by atoms with E-state index < -0.39 is 58.4 Å². The van der Waals surface area contributed by atoms with Gasteiger partial charge in [-0.3, -0.25) is 28.8 Å². The van der Waals surface area contributed by atoms with Crippen LogP contribution in [0.4, 0.5) is 49.1 Å². The summed E-state index contributed by atoms with van der Waals surface area (Å²) in [5.74, 6) is -3.33. The van der Waals surface area contributed by atoms with Gasteiger partial charge in [-0.25, -0.2) is 9.80 Å². The van der Waals surface area contributed by atoms with E-state index in [1.807, 2.05) is 0 Å². The summed E-state index contributed by atoms with van der Waals surface area (Å²) in [4.78, 5) is 81.4. The van der Waals surface area contributed by atoms with Crippen molar-refractivity contribution in [3.05, 3.63) is 176 Å². The van der Waals surface area contributed by atoms with Gasteiger partial charge in [-0.15, -0.1) is 0 Å². The van der Waals surface area contributed by atoms with Crippen LogP contribution in [0.15, 0.2) is 109 Å². The van der Waals surface area contributed by atoms with Crippen LogP contribution in [0.1, 0.15) is 95.5 Å². The van der Waals surface area contributed by atoms with Gasteiger partial charge in [0.1, 0.15) is 6.29 Å². The van der Waals surface area contributed by atoms with Crippen LogP contribution in [0.5, 0.6) is 0 Å². The largest absolute Gasteiger partial charge is 0.411 e. The van der Waals surface area contributed by atoms with Crippen LogP contribution < -0.4 is 20.9 Å². The van der Waals surface area contributed by atoms with E-state index in [2.05, 4.69) is 5.32 Å². The third kappa shape index (κ3) is 6.92. The lowest BCUT2D eigenvalue weighted by Gasteiger charge is -2.38. The average molecular weight is 889 g/mol. The summed E-state index contributed by atoms with van der Waals surface area (Å²) in [5.41, 5.74) is 3.44. The lowest BCUT2D eigenvalue weighted by atomic mass is 9.73. The fraction of sp³-hybridized carbons (Fsp3) is 0.143. The number of carbonyl (C=O) groups excluding carboxylic acids is 6. The zero-order valence-electron chi connectivity index (χ0n) is 34.7. The molecule has 2 heterocycles. The van der Waals surface area contributed by atoms with Gasteiger partial charge in [0.05, 0.1) is 33.6 Å². The first-order valence-electron chi connectivity index (χ1n) is 19.7. The molecule has 0 atom stereocenters. The van der Waals surface area contributed by atoms with Crippen molar-refractivity contribution in [2.75, 3.05) is 20.9 Å². The molecule has 0 aliphatic carbocycles. The summed E-state index contributed by atoms with van der Waals surface area (Å²) in [6.45, 7) is 6.94. The number of fused-ring (bicyclic) bond motifs is 2. The van der Waals surface area contributed by atoms with Gasteiger partial charge in [0.25, 0.3) is 29.5 Å². The van der Waals surface area contributed by atoms with Crippen LogP contribution in [-0.4, -0.2) is 48.2 Å². The Labute approximate surface area is 366 Å². The molecule has 6 aromatic rings. The van der Waals surface area contributed by atoms with Crippen LogP contribution in [0.25, 0.3) is 11.1 Å². The number of benzene rings is 6. The van der Waals surface area contributed by atoms with Crippen LogP contribution in [0, 0.1) is 27.7 Å². The Morgan fingerprint density at radius 2 is 0.938 bits per heavy atom. The van der Waals surface area contributed by atoms with Crippen molar-refractivity contribution in [3.8, 4) is 11.1 Å². The minimum absolute atomic E-state index is 0.00512. The molecule has 10 nitrogen and oxygen atoms in total. The molecule has 0 saturated carbocycles. The molecule has 0 radical (unpaired) electrons. The lowest BCUT2D eigenvalue weighted by Crippen LogP contribution is -2.54. The van der Waals surface area contributed by atoms with Crippen molar-refractivity contribution in [3.63, 3.8) is 0 Å². The van der Waals surface area contributed by atoms with Gasteiger partial charge in [0.15, 0.2) is 0 Å². The predicted octanol–water partition coefficient (Wildman–Crippen LogP) is 10.2. The normalized spacial score (nSPS) is 13.9. The predicted molar refractivity (Wildman–Crippen MR) is 230 cm³/mol. The second-order valence-corrected chi connectivity index (χ2v) is 15.9. The van der Waals surface area contributed by atoms with Gasteiger partial charge in [0, 0.05) is 22.5 Å². The Morgan fingerprint density at radius 1 is 0.538 bits per heavy atom. The number of nitrogen functional groups attached to an aromatic ring is 1. The Bertz CT molecular complexity index is 3010. The van der Waals surface area contributed by atoms with Gasteiger partial charge < -0.3 is 11.1 Å². The Kier molecular flexibility index (Phi) is 10.4. The minimum Gasteiger partial charge on any atom is -0.399 e. The summed E-state index contributed by atoms with van der Waals surface area (Å²) in [7, 11) is 0. The van der Waals surface area contributed by atoms with Crippen molar-refractivity contribution in [1.82, 2.24) is 0 Å². The number of rotatable bonds is 8. The van der Waals surface area contributed by atoms with Crippen molar-refractivity contribution in [2.24, 2.45) is 0 Å². The molecule has 5 amide bonds. The van der Waals surface area contributed by atoms with Crippen LogP contribution in [0.3, 0.4) is 0 Å². The molecule has 0 fully saturated rings. The van der Waals surface area contributed by atoms with E-state index in [1.54, 1.807) is 52.0 Å². The Balaban J connectivity index is 1.03. The lowest BCUT2D eigenvalue weighted by molar-refractivity contribution is -0.288. The molecule has 16 heteroatoms. The molecular formula is C49H34F6N4O6. The highest BCUT2D eigenvalue weighted by Gasteiger charge is 2.72. The first kappa shape index (κ1) is 43.8. The van der Waals surface area contributed by atoms with Gasteiger partial charge in [-0.2, -0.15) is 26.3 Å². The van der Waals surface area contributed by atoms with Crippen molar-refractivity contribution >= 4 is 58.6 Å². The molecular weight excluding hydrogens is 855 g/mol. The third-order valence-electron chi connectivity index (χ3n) is 11.7. The number of halogens is 6. The van der Waals surface area contributed by atoms with Gasteiger partial charge in [0.2, 0.25) is 5.41 Å². The Morgan fingerprint density at radius 3 is 1.37 bits per heavy atom. The molecule has 8 rings (SSSR count). The summed E-state index contributed by atoms with van der Waals surface area (Å²) in [5, 5.41) is 2.43. The van der Waals surface area contributed by atoms with E-state index in [0.717, 1.165) is 39.6 Å². The number of anilines is 4. The van der Waals surface area contributed by atoms with E-state index in [1.165, 1.54) is 36.4 Å². The number of nitrogens with one attached hydrogen (secondary N) is 1. The number of amides is 5. The molecule has 328 valence electrons. The maximum absolute atomic E-state index is 14.6. The first-order valence-corrected chi connectivity index (χ1v) is 19.7.